The number of esters is 1. The number of hydrogen-bond donors (Lipinski definition) is 0. The molecule has 0 radical (unpaired) electrons. The highest BCUT2D eigenvalue weighted by Gasteiger charge is 2.28. The lowest BCUT2D eigenvalue weighted by molar-refractivity contribution is 0.0514. The van der Waals surface area contributed by atoms with Crippen molar-refractivity contribution in [1.82, 2.24) is 9.47 Å². The van der Waals surface area contributed by atoms with Crippen LogP contribution in [0.25, 0.3) is 0 Å². The standard InChI is InChI=1S/C26H26F2N2O4/c1-5-34-26(33)24-16(2)23(17(3)29(24)4)22(31)15-30(14-18-6-10-20(27)11-7-18)25(32)19-8-12-21(28)13-9-19/h6-13H,5,14-15H2,1-4H3. The van der Waals surface area contributed by atoms with Crippen LogP contribution in [0.1, 0.15) is 54.9 Å². The Balaban J connectivity index is 1.95. The van der Waals surface area contributed by atoms with Crippen LogP contribution in [-0.4, -0.2) is 40.3 Å². The Morgan fingerprint density at radius 3 is 2.06 bits per heavy atom. The predicted octanol–water partition coefficient (Wildman–Crippen LogP) is 4.62. The first-order chi connectivity index (χ1) is 16.1. The van der Waals surface area contributed by atoms with Gasteiger partial charge in [0, 0.05) is 30.4 Å². The summed E-state index contributed by atoms with van der Waals surface area (Å²) in [6.45, 7) is 5.03. The average molecular weight is 469 g/mol. The van der Waals surface area contributed by atoms with Gasteiger partial charge in [-0.05, 0) is 68.3 Å². The van der Waals surface area contributed by atoms with Crippen molar-refractivity contribution in [2.75, 3.05) is 13.2 Å². The summed E-state index contributed by atoms with van der Waals surface area (Å²) in [5, 5.41) is 0. The summed E-state index contributed by atoms with van der Waals surface area (Å²) >= 11 is 0. The van der Waals surface area contributed by atoms with Crippen LogP contribution in [0.2, 0.25) is 0 Å². The topological polar surface area (TPSA) is 68.6 Å². The molecule has 0 aliphatic rings. The van der Waals surface area contributed by atoms with Crippen molar-refractivity contribution >= 4 is 17.7 Å². The molecule has 0 saturated heterocycles. The van der Waals surface area contributed by atoms with Crippen molar-refractivity contribution in [1.29, 1.82) is 0 Å². The quantitative estimate of drug-likeness (QED) is 0.357. The molecule has 0 saturated carbocycles. The molecule has 1 heterocycles. The summed E-state index contributed by atoms with van der Waals surface area (Å²) < 4.78 is 33.4. The van der Waals surface area contributed by atoms with Gasteiger partial charge in [-0.15, -0.1) is 0 Å². The minimum atomic E-state index is -0.532. The van der Waals surface area contributed by atoms with E-state index in [1.54, 1.807) is 32.4 Å². The Morgan fingerprint density at radius 1 is 0.941 bits per heavy atom. The zero-order valence-electron chi connectivity index (χ0n) is 19.5. The van der Waals surface area contributed by atoms with Crippen LogP contribution < -0.4 is 0 Å². The van der Waals surface area contributed by atoms with Crippen LogP contribution in [-0.2, 0) is 18.3 Å². The number of rotatable bonds is 8. The number of benzene rings is 2. The number of halogens is 2. The van der Waals surface area contributed by atoms with E-state index in [1.165, 1.54) is 53.4 Å². The number of ether oxygens (including phenoxy) is 1. The molecule has 0 N–H and O–H groups in total. The first-order valence-electron chi connectivity index (χ1n) is 10.8. The summed E-state index contributed by atoms with van der Waals surface area (Å²) in [7, 11) is 1.67. The summed E-state index contributed by atoms with van der Waals surface area (Å²) in [6, 6.07) is 10.6. The molecule has 0 bridgehead atoms. The van der Waals surface area contributed by atoms with Gasteiger partial charge in [-0.25, -0.2) is 13.6 Å². The van der Waals surface area contributed by atoms with E-state index in [9.17, 15) is 23.2 Å². The van der Waals surface area contributed by atoms with E-state index in [-0.39, 0.29) is 36.7 Å². The molecular weight excluding hydrogens is 442 g/mol. The van der Waals surface area contributed by atoms with Crippen LogP contribution in [0.5, 0.6) is 0 Å². The smallest absolute Gasteiger partial charge is 0.355 e. The highest BCUT2D eigenvalue weighted by atomic mass is 19.1. The van der Waals surface area contributed by atoms with Crippen LogP contribution >= 0.6 is 0 Å². The van der Waals surface area contributed by atoms with Crippen molar-refractivity contribution in [2.24, 2.45) is 7.05 Å². The molecule has 0 spiro atoms. The molecule has 0 aliphatic carbocycles. The van der Waals surface area contributed by atoms with E-state index >= 15 is 0 Å². The molecule has 0 fully saturated rings. The van der Waals surface area contributed by atoms with Crippen molar-refractivity contribution in [3.8, 4) is 0 Å². The fourth-order valence-electron chi connectivity index (χ4n) is 3.91. The number of amides is 1. The van der Waals surface area contributed by atoms with Gasteiger partial charge >= 0.3 is 5.97 Å². The van der Waals surface area contributed by atoms with Gasteiger partial charge in [-0.3, -0.25) is 9.59 Å². The molecule has 2 aromatic carbocycles. The van der Waals surface area contributed by atoms with Crippen LogP contribution in [0.4, 0.5) is 8.78 Å². The van der Waals surface area contributed by atoms with Crippen LogP contribution in [0, 0.1) is 25.5 Å². The number of carbonyl (C=O) groups excluding carboxylic acids is 3. The summed E-state index contributed by atoms with van der Waals surface area (Å²) in [4.78, 5) is 40.3. The molecule has 6 nitrogen and oxygen atoms in total. The highest BCUT2D eigenvalue weighted by Crippen LogP contribution is 2.24. The van der Waals surface area contributed by atoms with E-state index in [2.05, 4.69) is 0 Å². The van der Waals surface area contributed by atoms with E-state index in [4.69, 9.17) is 4.74 Å². The monoisotopic (exact) mass is 468 g/mol. The SMILES string of the molecule is CCOC(=O)c1c(C)c(C(=O)CN(Cc2ccc(F)cc2)C(=O)c2ccc(F)cc2)c(C)n1C. The third kappa shape index (κ3) is 5.22. The minimum absolute atomic E-state index is 0.0396. The molecule has 0 atom stereocenters. The maximum absolute atomic E-state index is 13.4. The fraction of sp³-hybridized carbons (Fsp3) is 0.269. The third-order valence-corrected chi connectivity index (χ3v) is 5.68. The molecule has 1 aromatic heterocycles. The largest absolute Gasteiger partial charge is 0.461 e. The molecule has 34 heavy (non-hydrogen) atoms. The Bertz CT molecular complexity index is 1220. The van der Waals surface area contributed by atoms with Gasteiger partial charge in [-0.1, -0.05) is 12.1 Å². The molecule has 0 aliphatic heterocycles. The van der Waals surface area contributed by atoms with Gasteiger partial charge in [-0.2, -0.15) is 0 Å². The van der Waals surface area contributed by atoms with Crippen molar-refractivity contribution < 1.29 is 27.9 Å². The zero-order chi connectivity index (χ0) is 25.0. The van der Waals surface area contributed by atoms with E-state index in [0.717, 1.165) is 0 Å². The van der Waals surface area contributed by atoms with E-state index < -0.39 is 23.5 Å². The lowest BCUT2D eigenvalue weighted by atomic mass is 10.0. The number of nitrogens with zero attached hydrogens (tertiary/aromatic N) is 2. The lowest BCUT2D eigenvalue weighted by Gasteiger charge is -2.23. The number of hydrogen-bond acceptors (Lipinski definition) is 4. The number of carbonyl (C=O) groups is 3. The third-order valence-electron chi connectivity index (χ3n) is 5.68. The van der Waals surface area contributed by atoms with E-state index in [0.29, 0.717) is 22.4 Å². The molecule has 0 unspecified atom stereocenters. The Morgan fingerprint density at radius 2 is 1.50 bits per heavy atom. The molecule has 3 aromatic rings. The Labute approximate surface area is 196 Å². The van der Waals surface area contributed by atoms with Crippen molar-refractivity contribution in [3.05, 3.63) is 93.8 Å². The van der Waals surface area contributed by atoms with Crippen LogP contribution in [0.15, 0.2) is 48.5 Å². The summed E-state index contributed by atoms with van der Waals surface area (Å²) in [6.07, 6.45) is 0. The summed E-state index contributed by atoms with van der Waals surface area (Å²) in [5.41, 5.74) is 2.49. The van der Waals surface area contributed by atoms with Gasteiger partial charge in [0.15, 0.2) is 5.78 Å². The summed E-state index contributed by atoms with van der Waals surface area (Å²) in [5.74, 6) is -2.28. The number of aromatic nitrogens is 1. The number of ketones is 1. The highest BCUT2D eigenvalue weighted by molar-refractivity contribution is 6.06. The normalized spacial score (nSPS) is 10.8. The zero-order valence-corrected chi connectivity index (χ0v) is 19.5. The van der Waals surface area contributed by atoms with Crippen molar-refractivity contribution in [2.45, 2.75) is 27.3 Å². The van der Waals surface area contributed by atoms with Gasteiger partial charge in [0.2, 0.25) is 0 Å². The molecule has 8 heteroatoms. The van der Waals surface area contributed by atoms with E-state index in [1.807, 2.05) is 0 Å². The molecule has 1 amide bonds. The molecule has 178 valence electrons. The Kier molecular flexibility index (Phi) is 7.61. The second-order valence-corrected chi connectivity index (χ2v) is 7.93. The van der Waals surface area contributed by atoms with Gasteiger partial charge in [0.1, 0.15) is 17.3 Å². The lowest BCUT2D eigenvalue weighted by Crippen LogP contribution is -2.35. The second kappa shape index (κ2) is 10.4. The second-order valence-electron chi connectivity index (χ2n) is 7.93. The van der Waals surface area contributed by atoms with Gasteiger partial charge in [0.25, 0.3) is 5.91 Å². The fourth-order valence-corrected chi connectivity index (χ4v) is 3.91. The van der Waals surface area contributed by atoms with Crippen molar-refractivity contribution in [3.63, 3.8) is 0 Å². The number of Topliss-reactive ketones (excluding diaryl/α,β-unsaturated/α-hetero) is 1. The average Bonchev–Trinajstić information content (AvgIpc) is 3.03. The maximum atomic E-state index is 13.4. The minimum Gasteiger partial charge on any atom is -0.461 e. The predicted molar refractivity (Wildman–Crippen MR) is 123 cm³/mol. The van der Waals surface area contributed by atoms with Gasteiger partial charge in [0.05, 0.1) is 13.2 Å². The first kappa shape index (κ1) is 24.8. The molecular formula is C26H26F2N2O4. The molecule has 3 rings (SSSR count). The van der Waals surface area contributed by atoms with Crippen LogP contribution in [0.3, 0.4) is 0 Å². The first-order valence-corrected chi connectivity index (χ1v) is 10.8. The maximum Gasteiger partial charge on any atom is 0.355 e. The Hall–Kier alpha value is -3.81. The van der Waals surface area contributed by atoms with Gasteiger partial charge < -0.3 is 14.2 Å².